The molecule has 15 heavy (non-hydrogen) atoms. The first-order chi connectivity index (χ1) is 7.25. The molecule has 0 radical (unpaired) electrons. The molecule has 0 atom stereocenters. The van der Waals surface area contributed by atoms with E-state index in [1.165, 1.54) is 0 Å². The van der Waals surface area contributed by atoms with E-state index in [-0.39, 0.29) is 0 Å². The zero-order valence-corrected chi connectivity index (χ0v) is 8.91. The van der Waals surface area contributed by atoms with E-state index in [4.69, 9.17) is 5.11 Å². The van der Waals surface area contributed by atoms with Gasteiger partial charge in [-0.1, -0.05) is 0 Å². The number of rotatable bonds is 3. The molecular formula is C10H19N3O2. The summed E-state index contributed by atoms with van der Waals surface area (Å²) in [6.07, 6.45) is 1.34. The van der Waals surface area contributed by atoms with Crippen LogP contribution < -0.4 is 10.6 Å². The monoisotopic (exact) mass is 213 g/mol. The van der Waals surface area contributed by atoms with Crippen molar-refractivity contribution >= 4 is 6.09 Å². The maximum atomic E-state index is 10.3. The molecule has 0 aromatic carbocycles. The predicted molar refractivity (Wildman–Crippen MR) is 57.0 cm³/mol. The van der Waals surface area contributed by atoms with Crippen LogP contribution in [0.5, 0.6) is 0 Å². The van der Waals surface area contributed by atoms with Gasteiger partial charge in [-0.3, -0.25) is 4.90 Å². The van der Waals surface area contributed by atoms with E-state index in [0.29, 0.717) is 12.5 Å². The fourth-order valence-electron chi connectivity index (χ4n) is 2.29. The molecule has 2 aliphatic rings. The van der Waals surface area contributed by atoms with Gasteiger partial charge in [0, 0.05) is 25.7 Å². The Morgan fingerprint density at radius 2 is 2.07 bits per heavy atom. The molecule has 2 fully saturated rings. The van der Waals surface area contributed by atoms with E-state index in [0.717, 1.165) is 45.1 Å². The fraction of sp³-hybridized carbons (Fsp3) is 0.900. The minimum absolute atomic E-state index is 0.533. The molecular weight excluding hydrogens is 194 g/mol. The van der Waals surface area contributed by atoms with Crippen LogP contribution in [0.3, 0.4) is 0 Å². The molecule has 2 heterocycles. The highest BCUT2D eigenvalue weighted by Gasteiger charge is 2.28. The molecule has 1 amide bonds. The van der Waals surface area contributed by atoms with Crippen LogP contribution in [0.25, 0.3) is 0 Å². The van der Waals surface area contributed by atoms with Gasteiger partial charge >= 0.3 is 6.09 Å². The molecule has 2 saturated heterocycles. The minimum atomic E-state index is -0.902. The second-order valence-corrected chi connectivity index (χ2v) is 4.48. The highest BCUT2D eigenvalue weighted by molar-refractivity contribution is 5.64. The predicted octanol–water partition coefficient (Wildman–Crippen LogP) is -0.0622. The largest absolute Gasteiger partial charge is 0.465 e. The number of amides is 1. The number of nitrogens with one attached hydrogen (secondary N) is 2. The van der Waals surface area contributed by atoms with E-state index in [2.05, 4.69) is 15.5 Å². The Kier molecular flexibility index (Phi) is 3.43. The molecule has 0 aromatic rings. The standard InChI is InChI=1S/C10H19N3O2/c14-10(15)12-5-8-1-3-13(4-2-8)9-6-11-7-9/h8-9,11-12H,1-7H2,(H,14,15). The summed E-state index contributed by atoms with van der Waals surface area (Å²) < 4.78 is 0. The van der Waals surface area contributed by atoms with Gasteiger partial charge in [0.15, 0.2) is 0 Å². The van der Waals surface area contributed by atoms with Gasteiger partial charge in [0.1, 0.15) is 0 Å². The number of likely N-dealkylation sites (tertiary alicyclic amines) is 1. The number of piperidine rings is 1. The Balaban J connectivity index is 1.65. The van der Waals surface area contributed by atoms with Crippen molar-refractivity contribution in [3.8, 4) is 0 Å². The summed E-state index contributed by atoms with van der Waals surface area (Å²) in [5.74, 6) is 0.533. The summed E-state index contributed by atoms with van der Waals surface area (Å²) in [5, 5.41) is 14.3. The van der Waals surface area contributed by atoms with Gasteiger partial charge in [-0.15, -0.1) is 0 Å². The van der Waals surface area contributed by atoms with Crippen LogP contribution in [-0.2, 0) is 0 Å². The Labute approximate surface area is 89.8 Å². The Morgan fingerprint density at radius 3 is 2.53 bits per heavy atom. The van der Waals surface area contributed by atoms with Crippen LogP contribution in [0, 0.1) is 5.92 Å². The lowest BCUT2D eigenvalue weighted by atomic mass is 9.95. The van der Waals surface area contributed by atoms with Gasteiger partial charge in [-0.2, -0.15) is 0 Å². The number of carbonyl (C=O) groups is 1. The molecule has 5 heteroatoms. The molecule has 0 spiro atoms. The second-order valence-electron chi connectivity index (χ2n) is 4.48. The molecule has 5 nitrogen and oxygen atoms in total. The highest BCUT2D eigenvalue weighted by atomic mass is 16.4. The van der Waals surface area contributed by atoms with E-state index < -0.39 is 6.09 Å². The summed E-state index contributed by atoms with van der Waals surface area (Å²) in [5.41, 5.74) is 0. The number of nitrogens with zero attached hydrogens (tertiary/aromatic N) is 1. The quantitative estimate of drug-likeness (QED) is 0.614. The van der Waals surface area contributed by atoms with Crippen molar-refractivity contribution in [1.29, 1.82) is 0 Å². The van der Waals surface area contributed by atoms with Gasteiger partial charge in [0.2, 0.25) is 0 Å². The topological polar surface area (TPSA) is 64.6 Å². The van der Waals surface area contributed by atoms with Crippen molar-refractivity contribution in [2.24, 2.45) is 5.92 Å². The fourth-order valence-corrected chi connectivity index (χ4v) is 2.29. The second kappa shape index (κ2) is 4.81. The highest BCUT2D eigenvalue weighted by Crippen LogP contribution is 2.19. The molecule has 0 unspecified atom stereocenters. The van der Waals surface area contributed by atoms with Gasteiger partial charge in [0.05, 0.1) is 0 Å². The van der Waals surface area contributed by atoms with Gasteiger partial charge in [-0.25, -0.2) is 4.79 Å². The molecule has 0 aliphatic carbocycles. The van der Waals surface area contributed by atoms with Crippen molar-refractivity contribution in [3.63, 3.8) is 0 Å². The molecule has 0 aromatic heterocycles. The van der Waals surface area contributed by atoms with Crippen molar-refractivity contribution < 1.29 is 9.90 Å². The molecule has 2 aliphatic heterocycles. The third kappa shape index (κ3) is 2.82. The summed E-state index contributed by atoms with van der Waals surface area (Å²) in [4.78, 5) is 12.9. The van der Waals surface area contributed by atoms with Gasteiger partial charge in [-0.05, 0) is 31.8 Å². The molecule has 0 bridgehead atoms. The third-order valence-corrected chi connectivity index (χ3v) is 3.47. The van der Waals surface area contributed by atoms with Crippen LogP contribution in [0.4, 0.5) is 4.79 Å². The van der Waals surface area contributed by atoms with Crippen LogP contribution in [0.15, 0.2) is 0 Å². The average Bonchev–Trinajstić information content (AvgIpc) is 2.14. The lowest BCUT2D eigenvalue weighted by Crippen LogP contribution is -2.59. The van der Waals surface area contributed by atoms with Crippen molar-refractivity contribution in [3.05, 3.63) is 0 Å². The summed E-state index contributed by atoms with van der Waals surface area (Å²) in [6, 6.07) is 0.735. The van der Waals surface area contributed by atoms with Gasteiger partial charge in [0.25, 0.3) is 0 Å². The summed E-state index contributed by atoms with van der Waals surface area (Å²) in [7, 11) is 0. The molecule has 86 valence electrons. The van der Waals surface area contributed by atoms with Crippen molar-refractivity contribution in [2.45, 2.75) is 18.9 Å². The first-order valence-electron chi connectivity index (χ1n) is 5.67. The molecule has 3 N–H and O–H groups in total. The van der Waals surface area contributed by atoms with E-state index in [9.17, 15) is 4.79 Å². The maximum absolute atomic E-state index is 10.3. The molecule has 0 saturated carbocycles. The lowest BCUT2D eigenvalue weighted by molar-refractivity contribution is 0.0979. The normalized spacial score (nSPS) is 24.8. The van der Waals surface area contributed by atoms with Crippen LogP contribution in [0.1, 0.15) is 12.8 Å². The Morgan fingerprint density at radius 1 is 1.40 bits per heavy atom. The van der Waals surface area contributed by atoms with Crippen LogP contribution in [0.2, 0.25) is 0 Å². The van der Waals surface area contributed by atoms with Crippen molar-refractivity contribution in [1.82, 2.24) is 15.5 Å². The zero-order chi connectivity index (χ0) is 10.7. The van der Waals surface area contributed by atoms with Crippen molar-refractivity contribution in [2.75, 3.05) is 32.7 Å². The maximum Gasteiger partial charge on any atom is 0.404 e. The SMILES string of the molecule is O=C(O)NCC1CCN(C2CNC2)CC1. The van der Waals surface area contributed by atoms with E-state index in [1.54, 1.807) is 0 Å². The van der Waals surface area contributed by atoms with Crippen LogP contribution in [-0.4, -0.2) is 54.9 Å². The van der Waals surface area contributed by atoms with Crippen LogP contribution >= 0.6 is 0 Å². The third-order valence-electron chi connectivity index (χ3n) is 3.47. The van der Waals surface area contributed by atoms with E-state index >= 15 is 0 Å². The number of hydrogen-bond donors (Lipinski definition) is 3. The molecule has 2 rings (SSSR count). The zero-order valence-electron chi connectivity index (χ0n) is 8.91. The summed E-state index contributed by atoms with van der Waals surface area (Å²) >= 11 is 0. The number of hydrogen-bond acceptors (Lipinski definition) is 3. The first-order valence-corrected chi connectivity index (χ1v) is 5.67. The number of carboxylic acid groups (broad SMARTS) is 1. The first kappa shape index (κ1) is 10.7. The average molecular weight is 213 g/mol. The summed E-state index contributed by atoms with van der Waals surface area (Å²) in [6.45, 7) is 5.11. The van der Waals surface area contributed by atoms with E-state index in [1.807, 2.05) is 0 Å². The Hall–Kier alpha value is -0.810. The Bertz CT molecular complexity index is 223. The minimum Gasteiger partial charge on any atom is -0.465 e. The smallest absolute Gasteiger partial charge is 0.404 e. The van der Waals surface area contributed by atoms with Gasteiger partial charge < -0.3 is 15.7 Å². The lowest BCUT2D eigenvalue weighted by Gasteiger charge is -2.42.